The molecule has 2 unspecified atom stereocenters. The molecular weight excluding hydrogens is 264 g/mol. The molecule has 0 heterocycles. The van der Waals surface area contributed by atoms with Gasteiger partial charge in [0.15, 0.2) is 0 Å². The number of carboxylic acid groups (broad SMARTS) is 1. The molecule has 1 aliphatic carbocycles. The van der Waals surface area contributed by atoms with Crippen LogP contribution in [0.3, 0.4) is 0 Å². The summed E-state index contributed by atoms with van der Waals surface area (Å²) in [6.45, 7) is 3.53. The van der Waals surface area contributed by atoms with Gasteiger partial charge in [-0.25, -0.2) is 0 Å². The maximum atomic E-state index is 11.9. The van der Waals surface area contributed by atoms with Gasteiger partial charge >= 0.3 is 5.97 Å². The summed E-state index contributed by atoms with van der Waals surface area (Å²) >= 11 is 0. The second-order valence-corrected chi connectivity index (χ2v) is 4.99. The van der Waals surface area contributed by atoms with Gasteiger partial charge in [0.1, 0.15) is 5.69 Å². The molecule has 2 rings (SSSR count). The molecule has 7 heteroatoms. The Labute approximate surface area is 114 Å². The monoisotopic (exact) mass is 278 g/mol. The predicted molar refractivity (Wildman–Crippen MR) is 70.4 cm³/mol. The van der Waals surface area contributed by atoms with Crippen LogP contribution in [-0.2, 0) is 9.59 Å². The smallest absolute Gasteiger partial charge is 0.307 e. The molecule has 0 aromatic heterocycles. The van der Waals surface area contributed by atoms with Crippen molar-refractivity contribution in [3.05, 3.63) is 33.4 Å². The fraction of sp³-hybridized carbons (Fsp3) is 0.385. The van der Waals surface area contributed by atoms with Gasteiger partial charge in [-0.05, 0) is 37.5 Å². The van der Waals surface area contributed by atoms with E-state index >= 15 is 0 Å². The van der Waals surface area contributed by atoms with Crippen molar-refractivity contribution in [3.63, 3.8) is 0 Å². The number of anilines is 1. The number of nitro groups is 1. The van der Waals surface area contributed by atoms with Gasteiger partial charge < -0.3 is 10.4 Å². The summed E-state index contributed by atoms with van der Waals surface area (Å²) in [5, 5.41) is 22.2. The molecule has 0 bridgehead atoms. The van der Waals surface area contributed by atoms with Gasteiger partial charge in [-0.1, -0.05) is 0 Å². The average Bonchev–Trinajstić information content (AvgIpc) is 3.13. The van der Waals surface area contributed by atoms with Crippen molar-refractivity contribution in [1.82, 2.24) is 0 Å². The number of hydrogen-bond acceptors (Lipinski definition) is 4. The van der Waals surface area contributed by atoms with Gasteiger partial charge in [-0.2, -0.15) is 0 Å². The maximum absolute atomic E-state index is 11.9. The van der Waals surface area contributed by atoms with Crippen molar-refractivity contribution < 1.29 is 19.6 Å². The largest absolute Gasteiger partial charge is 0.481 e. The Kier molecular flexibility index (Phi) is 3.44. The van der Waals surface area contributed by atoms with E-state index in [1.165, 1.54) is 12.1 Å². The molecule has 1 aromatic rings. The number of benzene rings is 1. The summed E-state index contributed by atoms with van der Waals surface area (Å²) in [5.74, 6) is -2.78. The van der Waals surface area contributed by atoms with Crippen molar-refractivity contribution >= 4 is 23.3 Å². The minimum Gasteiger partial charge on any atom is -0.481 e. The predicted octanol–water partition coefficient (Wildman–Crippen LogP) is 1.87. The molecule has 0 aliphatic heterocycles. The average molecular weight is 278 g/mol. The van der Waals surface area contributed by atoms with Crippen LogP contribution in [0.5, 0.6) is 0 Å². The number of carboxylic acids is 1. The molecule has 7 nitrogen and oxygen atoms in total. The van der Waals surface area contributed by atoms with Gasteiger partial charge in [-0.3, -0.25) is 19.7 Å². The van der Waals surface area contributed by atoms with Gasteiger partial charge in [0.25, 0.3) is 5.69 Å². The Bertz CT molecular complexity index is 611. The zero-order chi connectivity index (χ0) is 15.0. The SMILES string of the molecule is Cc1cc(NC(=O)C2CC2C(=O)O)c([N+](=O)[O-])cc1C. The highest BCUT2D eigenvalue weighted by Gasteiger charge is 2.48. The number of aliphatic carboxylic acids is 1. The number of rotatable bonds is 4. The van der Waals surface area contributed by atoms with Crippen molar-refractivity contribution in [2.75, 3.05) is 5.32 Å². The summed E-state index contributed by atoms with van der Waals surface area (Å²) in [6, 6.07) is 2.93. The topological polar surface area (TPSA) is 110 Å². The van der Waals surface area contributed by atoms with E-state index in [0.29, 0.717) is 0 Å². The minimum atomic E-state index is -1.01. The quantitative estimate of drug-likeness (QED) is 0.645. The van der Waals surface area contributed by atoms with E-state index in [9.17, 15) is 19.7 Å². The molecular formula is C13H14N2O5. The molecule has 20 heavy (non-hydrogen) atoms. The lowest BCUT2D eigenvalue weighted by molar-refractivity contribution is -0.384. The van der Waals surface area contributed by atoms with Gasteiger partial charge in [0.05, 0.1) is 16.8 Å². The summed E-state index contributed by atoms with van der Waals surface area (Å²) in [7, 11) is 0. The molecule has 0 radical (unpaired) electrons. The highest BCUT2D eigenvalue weighted by atomic mass is 16.6. The van der Waals surface area contributed by atoms with E-state index in [2.05, 4.69) is 5.32 Å². The molecule has 0 spiro atoms. The lowest BCUT2D eigenvalue weighted by Crippen LogP contribution is -2.17. The zero-order valence-electron chi connectivity index (χ0n) is 11.0. The van der Waals surface area contributed by atoms with Gasteiger partial charge in [-0.15, -0.1) is 0 Å². The van der Waals surface area contributed by atoms with Crippen LogP contribution in [0.4, 0.5) is 11.4 Å². The van der Waals surface area contributed by atoms with E-state index in [-0.39, 0.29) is 17.8 Å². The first-order valence-electron chi connectivity index (χ1n) is 6.10. The summed E-state index contributed by atoms with van der Waals surface area (Å²) in [6.07, 6.45) is 0.278. The third-order valence-corrected chi connectivity index (χ3v) is 3.51. The Morgan fingerprint density at radius 1 is 1.30 bits per heavy atom. The molecule has 2 N–H and O–H groups in total. The Balaban J connectivity index is 2.21. The van der Waals surface area contributed by atoms with Gasteiger partial charge in [0.2, 0.25) is 5.91 Å². The van der Waals surface area contributed by atoms with Crippen LogP contribution in [0.25, 0.3) is 0 Å². The molecule has 0 saturated heterocycles. The zero-order valence-corrected chi connectivity index (χ0v) is 11.0. The number of carbonyl (C=O) groups excluding carboxylic acids is 1. The van der Waals surface area contributed by atoms with E-state index in [1.807, 2.05) is 0 Å². The van der Waals surface area contributed by atoms with E-state index < -0.39 is 28.6 Å². The first-order valence-corrected chi connectivity index (χ1v) is 6.10. The van der Waals surface area contributed by atoms with Crippen LogP contribution in [0.2, 0.25) is 0 Å². The standard InChI is InChI=1S/C13H14N2O5/c1-6-3-10(11(15(19)20)4-7(6)2)14-12(16)8-5-9(8)13(17)18/h3-4,8-9H,5H2,1-2H3,(H,14,16)(H,17,18). The number of nitrogens with one attached hydrogen (secondary N) is 1. The molecule has 1 fully saturated rings. The van der Waals surface area contributed by atoms with Crippen LogP contribution in [-0.4, -0.2) is 21.9 Å². The maximum Gasteiger partial charge on any atom is 0.307 e. The van der Waals surface area contributed by atoms with Crippen LogP contribution in [0.1, 0.15) is 17.5 Å². The first-order chi connectivity index (χ1) is 9.31. The minimum absolute atomic E-state index is 0.110. The molecule has 1 amide bonds. The van der Waals surface area contributed by atoms with Crippen LogP contribution < -0.4 is 5.32 Å². The lowest BCUT2D eigenvalue weighted by Gasteiger charge is -2.08. The number of nitrogens with zero attached hydrogens (tertiary/aromatic N) is 1. The second-order valence-electron chi connectivity index (χ2n) is 4.99. The number of carbonyl (C=O) groups is 2. The Morgan fingerprint density at radius 2 is 1.90 bits per heavy atom. The highest BCUT2D eigenvalue weighted by molar-refractivity contribution is 5.99. The van der Waals surface area contributed by atoms with Crippen LogP contribution >= 0.6 is 0 Å². The number of aryl methyl sites for hydroxylation is 2. The highest BCUT2D eigenvalue weighted by Crippen LogP contribution is 2.40. The summed E-state index contributed by atoms with van der Waals surface area (Å²) in [4.78, 5) is 33.0. The van der Waals surface area contributed by atoms with E-state index in [1.54, 1.807) is 13.8 Å². The fourth-order valence-electron chi connectivity index (χ4n) is 2.04. The van der Waals surface area contributed by atoms with Crippen molar-refractivity contribution in [2.45, 2.75) is 20.3 Å². The van der Waals surface area contributed by atoms with E-state index in [0.717, 1.165) is 11.1 Å². The third-order valence-electron chi connectivity index (χ3n) is 3.51. The van der Waals surface area contributed by atoms with E-state index in [4.69, 9.17) is 5.11 Å². The number of nitro benzene ring substituents is 1. The summed E-state index contributed by atoms with van der Waals surface area (Å²) in [5.41, 5.74) is 1.49. The molecule has 1 aromatic carbocycles. The van der Waals surface area contributed by atoms with Crippen molar-refractivity contribution in [2.24, 2.45) is 11.8 Å². The Hall–Kier alpha value is -2.44. The van der Waals surface area contributed by atoms with Crippen LogP contribution in [0, 0.1) is 35.8 Å². The van der Waals surface area contributed by atoms with Gasteiger partial charge in [0, 0.05) is 6.07 Å². The lowest BCUT2D eigenvalue weighted by atomic mass is 10.1. The molecule has 1 aliphatic rings. The van der Waals surface area contributed by atoms with Crippen molar-refractivity contribution in [3.8, 4) is 0 Å². The molecule has 106 valence electrons. The fourth-order valence-corrected chi connectivity index (χ4v) is 2.04. The summed E-state index contributed by atoms with van der Waals surface area (Å²) < 4.78 is 0. The normalized spacial score (nSPS) is 20.3. The molecule has 1 saturated carbocycles. The second kappa shape index (κ2) is 4.92. The number of amides is 1. The third kappa shape index (κ3) is 2.61. The van der Waals surface area contributed by atoms with Crippen LogP contribution in [0.15, 0.2) is 12.1 Å². The Morgan fingerprint density at radius 3 is 2.40 bits per heavy atom. The number of hydrogen-bond donors (Lipinski definition) is 2. The molecule has 2 atom stereocenters. The van der Waals surface area contributed by atoms with Crippen molar-refractivity contribution in [1.29, 1.82) is 0 Å². The first kappa shape index (κ1) is 14.0.